The van der Waals surface area contributed by atoms with Crippen LogP contribution >= 0.6 is 0 Å². The largest absolute Gasteiger partial charge is 0.394 e. The van der Waals surface area contributed by atoms with Crippen LogP contribution in [0.2, 0.25) is 0 Å². The van der Waals surface area contributed by atoms with Gasteiger partial charge in [-0.05, 0) is 0 Å². The fourth-order valence-electron chi connectivity index (χ4n) is 0. The molecule has 0 radical (unpaired) electrons. The van der Waals surface area contributed by atoms with Gasteiger partial charge in [-0.3, -0.25) is 9.11 Å². The molecule has 0 spiro atoms. The Kier molecular flexibility index (Phi) is 5.73. The molecule has 0 heterocycles. The van der Waals surface area contributed by atoms with Crippen LogP contribution < -0.4 is 0 Å². The number of nitrogens with zero attached hydrogens (tertiary/aromatic N) is 1. The summed E-state index contributed by atoms with van der Waals surface area (Å²) >= 11 is 0. The van der Waals surface area contributed by atoms with Gasteiger partial charge in [0.25, 0.3) is 0 Å². The second-order valence-electron chi connectivity index (χ2n) is 0.753. The Hall–Kier alpha value is -0.970. The molecule has 0 aliphatic heterocycles. The Morgan fingerprint density at radius 3 is 1.50 bits per heavy atom. The molecule has 10 heteroatoms. The minimum absolute atomic E-state index is 1.32. The van der Waals surface area contributed by atoms with Crippen molar-refractivity contribution in [3.05, 3.63) is 10.1 Å². The third-order valence-corrected chi connectivity index (χ3v) is 0.0667. The lowest BCUT2D eigenvalue weighted by molar-refractivity contribution is -0.846. The van der Waals surface area contributed by atoms with Crippen molar-refractivity contribution in [2.75, 3.05) is 0 Å². The monoisotopic (exact) mass is 177 g/mol. The molecule has 0 rings (SSSR count). The third kappa shape index (κ3) is 241. The van der Waals surface area contributed by atoms with Crippen LogP contribution in [0, 0.1) is 10.1 Å². The lowest BCUT2D eigenvalue weighted by Crippen LogP contribution is -1.92. The zero-order chi connectivity index (χ0) is 8.78. The minimum Gasteiger partial charge on any atom is -0.264 e. The highest BCUT2D eigenvalue weighted by Gasteiger charge is 1.84. The van der Waals surface area contributed by atoms with E-state index in [9.17, 15) is 0 Å². The van der Waals surface area contributed by atoms with Crippen LogP contribution in [-0.4, -0.2) is 27.9 Å². The predicted octanol–water partition coefficient (Wildman–Crippen LogP) is -0.985. The van der Waals surface area contributed by atoms with E-state index in [2.05, 4.69) is 4.99 Å². The summed E-state index contributed by atoms with van der Waals surface area (Å²) in [6, 6.07) is 0. The van der Waals surface area contributed by atoms with E-state index in [1.54, 1.807) is 0 Å². The molecule has 62 valence electrons. The fourth-order valence-corrected chi connectivity index (χ4v) is 0. The zero-order valence-corrected chi connectivity index (χ0v) is 5.05. The summed E-state index contributed by atoms with van der Waals surface area (Å²) in [7, 11) is -4.67. The zero-order valence-electron chi connectivity index (χ0n) is 4.24. The van der Waals surface area contributed by atoms with Gasteiger partial charge in [0.05, 0.1) is 0 Å². The van der Waals surface area contributed by atoms with Gasteiger partial charge >= 0.3 is 15.5 Å². The van der Waals surface area contributed by atoms with Crippen LogP contribution in [-0.2, 0) is 15.4 Å². The van der Waals surface area contributed by atoms with E-state index < -0.39 is 15.5 Å². The van der Waals surface area contributed by atoms with Gasteiger partial charge in [0.15, 0.2) is 0 Å². The van der Waals surface area contributed by atoms with Crippen molar-refractivity contribution in [2.45, 2.75) is 0 Å². The maximum atomic E-state index is 8.74. The van der Waals surface area contributed by atoms with Crippen molar-refractivity contribution >= 4 is 10.4 Å². The molecule has 0 bridgehead atoms. The van der Waals surface area contributed by atoms with Gasteiger partial charge in [0, 0.05) is 0 Å². The van der Waals surface area contributed by atoms with Crippen molar-refractivity contribution in [1.82, 2.24) is 0 Å². The second kappa shape index (κ2) is 4.87. The molecule has 0 saturated heterocycles. The van der Waals surface area contributed by atoms with Crippen LogP contribution in [0.1, 0.15) is 0 Å². The Balaban J connectivity index is 0. The van der Waals surface area contributed by atoms with Crippen LogP contribution in [0.4, 0.5) is 0 Å². The predicted molar refractivity (Wildman–Crippen MR) is 24.9 cm³/mol. The van der Waals surface area contributed by atoms with Gasteiger partial charge in [0.2, 0.25) is 0 Å². The fraction of sp³-hybridized carbons (Fsp3) is 0. The molecule has 0 amide bonds. The molecule has 0 saturated carbocycles. The van der Waals surface area contributed by atoms with Gasteiger partial charge in [-0.1, -0.05) is 0 Å². The first kappa shape index (κ1) is 11.8. The lowest BCUT2D eigenvalue weighted by Gasteiger charge is -1.72. The maximum Gasteiger partial charge on any atom is 0.394 e. The third-order valence-electron chi connectivity index (χ3n) is 0.0667. The molecular formula is H3NO8S. The first-order valence-electron chi connectivity index (χ1n) is 1.43. The SMILES string of the molecule is O=S(=O)(O)O.O=[N+]([O-])OO. The summed E-state index contributed by atoms with van der Waals surface area (Å²) in [6.45, 7) is 0. The summed E-state index contributed by atoms with van der Waals surface area (Å²) in [4.78, 5) is 11.2. The molecule has 10 heavy (non-hydrogen) atoms. The van der Waals surface area contributed by atoms with Crippen LogP contribution in [0.3, 0.4) is 0 Å². The van der Waals surface area contributed by atoms with E-state index in [1.165, 1.54) is 0 Å². The molecule has 3 N–H and O–H groups in total. The molecule has 0 aromatic carbocycles. The van der Waals surface area contributed by atoms with E-state index in [4.69, 9.17) is 32.9 Å². The van der Waals surface area contributed by atoms with Gasteiger partial charge in [-0.2, -0.15) is 8.42 Å². The number of rotatable bonds is 1. The lowest BCUT2D eigenvalue weighted by atomic mass is 13.1. The molecule has 0 fully saturated rings. The molecule has 0 aliphatic carbocycles. The molecule has 0 unspecified atom stereocenters. The standard InChI is InChI=1S/HNO4.H2O4S/c2-1(3)5-4;1-5(2,3)4/h4H;(H2,1,2,3,4). The summed E-state index contributed by atoms with van der Waals surface area (Å²) in [5.41, 5.74) is 0. The Bertz CT molecular complexity index is 167. The van der Waals surface area contributed by atoms with Gasteiger partial charge in [-0.25, -0.2) is 5.26 Å². The molecule has 0 aromatic rings. The first-order valence-corrected chi connectivity index (χ1v) is 2.83. The minimum atomic E-state index is -4.67. The van der Waals surface area contributed by atoms with Crippen LogP contribution in [0.5, 0.6) is 0 Å². The Morgan fingerprint density at radius 1 is 1.40 bits per heavy atom. The molecule has 9 nitrogen and oxygen atoms in total. The van der Waals surface area contributed by atoms with Crippen molar-refractivity contribution in [3.8, 4) is 0 Å². The quantitative estimate of drug-likeness (QED) is 0.200. The first-order chi connectivity index (χ1) is 4.27. The highest BCUT2D eigenvalue weighted by Crippen LogP contribution is 1.59. The molecular weight excluding hydrogens is 174 g/mol. The van der Waals surface area contributed by atoms with E-state index in [1.807, 2.05) is 0 Å². The summed E-state index contributed by atoms with van der Waals surface area (Å²) in [5, 5.41) is 14.3. The Morgan fingerprint density at radius 2 is 1.50 bits per heavy atom. The van der Waals surface area contributed by atoms with Gasteiger partial charge in [0.1, 0.15) is 0 Å². The summed E-state index contributed by atoms with van der Waals surface area (Å²) < 4.78 is 31.6. The average molecular weight is 177 g/mol. The smallest absolute Gasteiger partial charge is 0.264 e. The number of hydrogen-bond acceptors (Lipinski definition) is 6. The van der Waals surface area contributed by atoms with Crippen LogP contribution in [0.15, 0.2) is 0 Å². The van der Waals surface area contributed by atoms with Gasteiger partial charge < -0.3 is 0 Å². The second-order valence-corrected chi connectivity index (χ2v) is 1.65. The number of hydrogen-bond donors (Lipinski definition) is 3. The average Bonchev–Trinajstić information content (AvgIpc) is 1.61. The molecule has 0 aliphatic rings. The van der Waals surface area contributed by atoms with Crippen LogP contribution in [0.25, 0.3) is 0 Å². The van der Waals surface area contributed by atoms with E-state index in [0.29, 0.717) is 0 Å². The van der Waals surface area contributed by atoms with Crippen molar-refractivity contribution < 1.29 is 32.9 Å². The van der Waals surface area contributed by atoms with E-state index in [0.717, 1.165) is 0 Å². The Labute approximate surface area is 54.5 Å². The normalized spacial score (nSPS) is 9.10. The highest BCUT2D eigenvalue weighted by atomic mass is 32.3. The van der Waals surface area contributed by atoms with Gasteiger partial charge in [-0.15, -0.1) is 15.1 Å². The summed E-state index contributed by atoms with van der Waals surface area (Å²) in [6.07, 6.45) is 0. The maximum absolute atomic E-state index is 8.74. The van der Waals surface area contributed by atoms with Crippen molar-refractivity contribution in [1.29, 1.82) is 0 Å². The van der Waals surface area contributed by atoms with E-state index in [-0.39, 0.29) is 0 Å². The van der Waals surface area contributed by atoms with E-state index >= 15 is 0 Å². The highest BCUT2D eigenvalue weighted by molar-refractivity contribution is 7.79. The molecule has 0 atom stereocenters. The molecule has 0 aromatic heterocycles. The summed E-state index contributed by atoms with van der Waals surface area (Å²) in [5.74, 6) is 0. The topological polar surface area (TPSA) is 147 Å². The van der Waals surface area contributed by atoms with Crippen molar-refractivity contribution in [2.24, 2.45) is 0 Å². The van der Waals surface area contributed by atoms with Crippen molar-refractivity contribution in [3.63, 3.8) is 0 Å².